The van der Waals surface area contributed by atoms with Crippen molar-refractivity contribution in [2.45, 2.75) is 97.7 Å². The Balaban J connectivity index is 1.23. The summed E-state index contributed by atoms with van der Waals surface area (Å²) >= 11 is 0. The molecule has 5 rings (SSSR count). The van der Waals surface area contributed by atoms with Gasteiger partial charge in [-0.25, -0.2) is 15.0 Å². The van der Waals surface area contributed by atoms with Gasteiger partial charge in [0.25, 0.3) is 0 Å². The highest BCUT2D eigenvalue weighted by Crippen LogP contribution is 2.58. The van der Waals surface area contributed by atoms with Gasteiger partial charge in [0.2, 0.25) is 0 Å². The van der Waals surface area contributed by atoms with E-state index in [0.29, 0.717) is 46.2 Å². The summed E-state index contributed by atoms with van der Waals surface area (Å²) in [7, 11) is 0. The average Bonchev–Trinajstić information content (AvgIpc) is 3.46. The van der Waals surface area contributed by atoms with Gasteiger partial charge in [0.1, 0.15) is 24.6 Å². The second-order valence-corrected chi connectivity index (χ2v) is 12.8. The van der Waals surface area contributed by atoms with Crippen LogP contribution in [0.25, 0.3) is 11.2 Å². The Morgan fingerprint density at radius 2 is 2.00 bits per heavy atom. The number of imidazole rings is 1. The Morgan fingerprint density at radius 3 is 2.74 bits per heavy atom. The normalized spacial score (nSPS) is 34.7. The predicted molar refractivity (Wildman–Crippen MR) is 151 cm³/mol. The molecule has 1 saturated heterocycles. The van der Waals surface area contributed by atoms with Crippen LogP contribution < -0.4 is 5.32 Å². The molecule has 2 fully saturated rings. The Kier molecular flexibility index (Phi) is 7.90. The fraction of sp³-hybridized carbons (Fsp3) is 0.700. The monoisotopic (exact) mass is 539 g/mol. The van der Waals surface area contributed by atoms with E-state index in [1.54, 1.807) is 10.1 Å². The number of rotatable bonds is 8. The van der Waals surface area contributed by atoms with Crippen LogP contribution in [0.2, 0.25) is 0 Å². The fourth-order valence-electron chi connectivity index (χ4n) is 7.13. The molecule has 0 aromatic carbocycles. The number of anilines is 1. The summed E-state index contributed by atoms with van der Waals surface area (Å²) < 4.78 is 7.23. The van der Waals surface area contributed by atoms with E-state index in [1.165, 1.54) is 50.3 Å². The van der Waals surface area contributed by atoms with Gasteiger partial charge in [-0.2, -0.15) is 0 Å². The molecule has 214 valence electrons. The lowest BCUT2D eigenvalue weighted by molar-refractivity contribution is -0.0511. The molecule has 2 aromatic heterocycles. The van der Waals surface area contributed by atoms with Crippen molar-refractivity contribution in [2.75, 3.05) is 18.5 Å². The fourth-order valence-corrected chi connectivity index (χ4v) is 7.13. The van der Waals surface area contributed by atoms with E-state index in [2.05, 4.69) is 67.0 Å². The first kappa shape index (κ1) is 28.2. The molecule has 2 aliphatic carbocycles. The minimum Gasteiger partial charge on any atom is -0.394 e. The number of allylic oxidation sites excluding steroid dienone is 3. The van der Waals surface area contributed by atoms with Gasteiger partial charge in [-0.1, -0.05) is 57.4 Å². The SMILES string of the molecule is C/C(=C\CNc1ncnc2c1ncn2[C@@H]1O[C@H](CO)C(O)C1O)CC[C@@]1(C)[C@@H]2CCCC(C)(C)C2=CC[C@@H]1C. The van der Waals surface area contributed by atoms with Crippen molar-refractivity contribution in [1.82, 2.24) is 19.5 Å². The van der Waals surface area contributed by atoms with Gasteiger partial charge in [-0.15, -0.1) is 0 Å². The lowest BCUT2D eigenvalue weighted by atomic mass is 9.52. The molecule has 4 N–H and O–H groups in total. The van der Waals surface area contributed by atoms with E-state index in [4.69, 9.17) is 4.74 Å². The summed E-state index contributed by atoms with van der Waals surface area (Å²) in [4.78, 5) is 13.2. The van der Waals surface area contributed by atoms with Gasteiger partial charge < -0.3 is 25.4 Å². The Morgan fingerprint density at radius 1 is 1.21 bits per heavy atom. The first-order chi connectivity index (χ1) is 18.6. The lowest BCUT2D eigenvalue weighted by Gasteiger charge is -2.53. The van der Waals surface area contributed by atoms with Crippen molar-refractivity contribution in [1.29, 1.82) is 0 Å². The van der Waals surface area contributed by atoms with Crippen molar-refractivity contribution >= 4 is 17.0 Å². The minimum atomic E-state index is -1.20. The topological polar surface area (TPSA) is 126 Å². The molecule has 3 aliphatic rings. The highest BCUT2D eigenvalue weighted by molar-refractivity contribution is 5.82. The second kappa shape index (κ2) is 10.9. The smallest absolute Gasteiger partial charge is 0.167 e. The maximum Gasteiger partial charge on any atom is 0.167 e. The standard InChI is InChI=1S/C30H45N5O4/c1-18(10-13-30(5)19(2)8-9-20-21(30)7-6-12-29(20,3)4)11-14-31-26-23-27(33-16-32-26)35(17-34-23)28-25(38)24(37)22(15-36)39-28/h9,11,16-17,19,21-22,24-25,28,36-38H,6-8,10,12-15H2,1-5H3,(H,31,32,33)/b18-11+/t19-,21+,22+,24?,25?,28+,30+/m0/s1. The first-order valence-electron chi connectivity index (χ1n) is 14.5. The summed E-state index contributed by atoms with van der Waals surface area (Å²) in [5, 5.41) is 33.3. The quantitative estimate of drug-likeness (QED) is 0.364. The molecule has 39 heavy (non-hydrogen) atoms. The highest BCUT2D eigenvalue weighted by Gasteiger charge is 2.48. The zero-order valence-corrected chi connectivity index (χ0v) is 24.0. The van der Waals surface area contributed by atoms with Crippen LogP contribution in [-0.4, -0.2) is 66.3 Å². The molecular formula is C30H45N5O4. The van der Waals surface area contributed by atoms with Gasteiger partial charge in [0.15, 0.2) is 23.2 Å². The van der Waals surface area contributed by atoms with E-state index < -0.39 is 24.5 Å². The van der Waals surface area contributed by atoms with Crippen molar-refractivity contribution in [3.63, 3.8) is 0 Å². The number of nitrogens with one attached hydrogen (secondary N) is 1. The predicted octanol–water partition coefficient (Wildman–Crippen LogP) is 4.38. The number of aliphatic hydroxyl groups is 3. The van der Waals surface area contributed by atoms with Crippen LogP contribution in [-0.2, 0) is 4.74 Å². The number of fused-ring (bicyclic) bond motifs is 2. The zero-order chi connectivity index (χ0) is 27.9. The molecule has 0 amide bonds. The van der Waals surface area contributed by atoms with Gasteiger partial charge in [-0.05, 0) is 61.7 Å². The highest BCUT2D eigenvalue weighted by atomic mass is 16.6. The minimum absolute atomic E-state index is 0.325. The summed E-state index contributed by atoms with van der Waals surface area (Å²) in [5.41, 5.74) is 4.78. The average molecular weight is 540 g/mol. The largest absolute Gasteiger partial charge is 0.394 e. The number of nitrogens with zero attached hydrogens (tertiary/aromatic N) is 4. The first-order valence-corrected chi connectivity index (χ1v) is 14.5. The lowest BCUT2D eigenvalue weighted by Crippen LogP contribution is -2.43. The summed E-state index contributed by atoms with van der Waals surface area (Å²) in [6.07, 6.45) is 11.0. The molecule has 0 spiro atoms. The molecular weight excluding hydrogens is 494 g/mol. The van der Waals surface area contributed by atoms with Gasteiger partial charge >= 0.3 is 0 Å². The van der Waals surface area contributed by atoms with E-state index in [0.717, 1.165) is 6.42 Å². The van der Waals surface area contributed by atoms with Crippen molar-refractivity contribution in [2.24, 2.45) is 22.7 Å². The molecule has 2 aromatic rings. The molecule has 1 saturated carbocycles. The third-order valence-corrected chi connectivity index (χ3v) is 9.99. The van der Waals surface area contributed by atoms with E-state index in [-0.39, 0.29) is 6.61 Å². The van der Waals surface area contributed by atoms with Crippen LogP contribution in [0, 0.1) is 22.7 Å². The van der Waals surface area contributed by atoms with Crippen LogP contribution in [0.3, 0.4) is 0 Å². The number of aliphatic hydroxyl groups excluding tert-OH is 3. The van der Waals surface area contributed by atoms with E-state index >= 15 is 0 Å². The van der Waals surface area contributed by atoms with Crippen LogP contribution >= 0.6 is 0 Å². The maximum absolute atomic E-state index is 10.4. The van der Waals surface area contributed by atoms with Crippen LogP contribution in [0.5, 0.6) is 0 Å². The summed E-state index contributed by atoms with van der Waals surface area (Å²) in [6.45, 7) is 12.3. The summed E-state index contributed by atoms with van der Waals surface area (Å²) in [5.74, 6) is 1.98. The zero-order valence-electron chi connectivity index (χ0n) is 24.0. The van der Waals surface area contributed by atoms with Crippen LogP contribution in [0.4, 0.5) is 5.82 Å². The van der Waals surface area contributed by atoms with Crippen molar-refractivity contribution in [3.8, 4) is 0 Å². The van der Waals surface area contributed by atoms with Gasteiger partial charge in [0, 0.05) is 6.54 Å². The van der Waals surface area contributed by atoms with Crippen molar-refractivity contribution < 1.29 is 20.1 Å². The Hall–Kier alpha value is -2.33. The Labute approximate surface area is 231 Å². The molecule has 3 heterocycles. The van der Waals surface area contributed by atoms with E-state index in [1.807, 2.05) is 0 Å². The Bertz CT molecular complexity index is 1240. The van der Waals surface area contributed by atoms with Crippen molar-refractivity contribution in [3.05, 3.63) is 36.0 Å². The number of hydrogen-bond acceptors (Lipinski definition) is 8. The second-order valence-electron chi connectivity index (χ2n) is 12.8. The maximum atomic E-state index is 10.4. The van der Waals surface area contributed by atoms with Gasteiger partial charge in [0.05, 0.1) is 12.9 Å². The third kappa shape index (κ3) is 5.14. The molecule has 9 heteroatoms. The molecule has 0 bridgehead atoms. The molecule has 1 aliphatic heterocycles. The van der Waals surface area contributed by atoms with Crippen LogP contribution in [0.15, 0.2) is 36.0 Å². The molecule has 7 atom stereocenters. The number of aromatic nitrogens is 4. The molecule has 0 radical (unpaired) electrons. The molecule has 9 nitrogen and oxygen atoms in total. The van der Waals surface area contributed by atoms with Gasteiger partial charge in [-0.3, -0.25) is 4.57 Å². The summed E-state index contributed by atoms with van der Waals surface area (Å²) in [6, 6.07) is 0. The number of hydrogen-bond donors (Lipinski definition) is 4. The third-order valence-electron chi connectivity index (χ3n) is 9.99. The van der Waals surface area contributed by atoms with E-state index in [9.17, 15) is 15.3 Å². The number of ether oxygens (including phenoxy) is 1. The van der Waals surface area contributed by atoms with Crippen LogP contribution in [0.1, 0.15) is 79.4 Å². The molecule has 2 unspecified atom stereocenters.